The van der Waals surface area contributed by atoms with Crippen LogP contribution in [-0.4, -0.2) is 49.8 Å². The van der Waals surface area contributed by atoms with Crippen LogP contribution in [0.4, 0.5) is 11.8 Å². The number of benzene rings is 2. The van der Waals surface area contributed by atoms with E-state index in [2.05, 4.69) is 9.97 Å². The second-order valence-electron chi connectivity index (χ2n) is 8.65. The van der Waals surface area contributed by atoms with Gasteiger partial charge < -0.3 is 35.2 Å². The molecule has 0 aliphatic heterocycles. The quantitative estimate of drug-likeness (QED) is 0.377. The van der Waals surface area contributed by atoms with Crippen molar-refractivity contribution in [1.82, 2.24) is 9.97 Å². The lowest BCUT2D eigenvalue weighted by molar-refractivity contribution is 0.0230. The minimum atomic E-state index is -0.0484. The topological polar surface area (TPSA) is 124 Å². The fourth-order valence-electron chi connectivity index (χ4n) is 4.49. The molecule has 192 valence electrons. The molecule has 1 aliphatic rings. The Kier molecular flexibility index (Phi) is 8.45. The number of ether oxygens (including phenoxy) is 5. The van der Waals surface area contributed by atoms with Crippen LogP contribution in [0.15, 0.2) is 42.6 Å². The van der Waals surface area contributed by atoms with Crippen molar-refractivity contribution >= 4 is 11.8 Å². The number of rotatable bonds is 11. The van der Waals surface area contributed by atoms with Gasteiger partial charge in [0.15, 0.2) is 6.79 Å². The molecule has 3 aromatic rings. The fraction of sp³-hybridized carbons (Fsp3) is 0.407. The van der Waals surface area contributed by atoms with E-state index in [-0.39, 0.29) is 24.9 Å². The first kappa shape index (κ1) is 25.5. The third kappa shape index (κ3) is 5.98. The summed E-state index contributed by atoms with van der Waals surface area (Å²) in [5.74, 6) is 2.67. The highest BCUT2D eigenvalue weighted by atomic mass is 16.7. The molecular weight excluding hydrogens is 460 g/mol. The predicted molar refractivity (Wildman–Crippen MR) is 138 cm³/mol. The van der Waals surface area contributed by atoms with Crippen molar-refractivity contribution in [3.8, 4) is 28.4 Å². The molecule has 36 heavy (non-hydrogen) atoms. The minimum Gasteiger partial charge on any atom is -0.493 e. The van der Waals surface area contributed by atoms with Gasteiger partial charge in [0, 0.05) is 32.4 Å². The summed E-state index contributed by atoms with van der Waals surface area (Å²) in [6.45, 7) is 2.65. The normalized spacial score (nSPS) is 17.2. The van der Waals surface area contributed by atoms with Gasteiger partial charge in [-0.15, -0.1) is 0 Å². The molecule has 1 aromatic heterocycles. The van der Waals surface area contributed by atoms with Crippen LogP contribution in [0, 0.1) is 0 Å². The Hall–Kier alpha value is -3.56. The molecule has 9 nitrogen and oxygen atoms in total. The maximum atomic E-state index is 6.64. The van der Waals surface area contributed by atoms with Gasteiger partial charge in [-0.1, -0.05) is 12.1 Å². The first-order valence-electron chi connectivity index (χ1n) is 12.1. The number of anilines is 2. The summed E-state index contributed by atoms with van der Waals surface area (Å²) < 4.78 is 29.0. The SMILES string of the molecule is CCOc1cc(Cc2cnc(N)nc2N)cc(OC2CCCC2OC)c1-c1ccc(OCOC)cc1. The molecular formula is C27H34N4O5. The molecule has 1 aliphatic carbocycles. The average molecular weight is 495 g/mol. The van der Waals surface area contributed by atoms with E-state index < -0.39 is 0 Å². The van der Waals surface area contributed by atoms with Crippen LogP contribution in [0.2, 0.25) is 0 Å². The number of nitrogens with zero attached hydrogens (tertiary/aromatic N) is 2. The van der Waals surface area contributed by atoms with Crippen molar-refractivity contribution < 1.29 is 23.7 Å². The average Bonchev–Trinajstić information content (AvgIpc) is 3.32. The lowest BCUT2D eigenvalue weighted by Crippen LogP contribution is -2.28. The molecule has 1 saturated carbocycles. The summed E-state index contributed by atoms with van der Waals surface area (Å²) in [6, 6.07) is 11.8. The predicted octanol–water partition coefficient (Wildman–Crippen LogP) is 4.23. The molecule has 2 atom stereocenters. The van der Waals surface area contributed by atoms with Crippen molar-refractivity contribution in [2.45, 2.75) is 44.8 Å². The van der Waals surface area contributed by atoms with E-state index >= 15 is 0 Å². The van der Waals surface area contributed by atoms with Crippen LogP contribution in [0.25, 0.3) is 11.1 Å². The molecule has 4 rings (SSSR count). The van der Waals surface area contributed by atoms with Crippen LogP contribution in [0.5, 0.6) is 17.2 Å². The Labute approximate surface area is 211 Å². The van der Waals surface area contributed by atoms with Gasteiger partial charge >= 0.3 is 0 Å². The van der Waals surface area contributed by atoms with Gasteiger partial charge in [-0.3, -0.25) is 0 Å². The lowest BCUT2D eigenvalue weighted by atomic mass is 9.98. The van der Waals surface area contributed by atoms with Crippen LogP contribution in [-0.2, 0) is 15.9 Å². The van der Waals surface area contributed by atoms with E-state index in [4.69, 9.17) is 35.2 Å². The second kappa shape index (κ2) is 11.9. The van der Waals surface area contributed by atoms with Crippen LogP contribution >= 0.6 is 0 Å². The van der Waals surface area contributed by atoms with E-state index in [0.29, 0.717) is 24.6 Å². The van der Waals surface area contributed by atoms with Crippen LogP contribution < -0.4 is 25.7 Å². The number of hydrogen-bond donors (Lipinski definition) is 2. The van der Waals surface area contributed by atoms with E-state index in [1.54, 1.807) is 20.4 Å². The second-order valence-corrected chi connectivity index (χ2v) is 8.65. The van der Waals surface area contributed by atoms with Crippen LogP contribution in [0.1, 0.15) is 37.3 Å². The zero-order chi connectivity index (χ0) is 25.5. The molecule has 0 amide bonds. The van der Waals surface area contributed by atoms with E-state index in [0.717, 1.165) is 53.0 Å². The Bertz CT molecular complexity index is 1160. The molecule has 2 aromatic carbocycles. The number of aromatic nitrogens is 2. The third-order valence-corrected chi connectivity index (χ3v) is 6.20. The van der Waals surface area contributed by atoms with E-state index in [1.807, 2.05) is 43.3 Å². The summed E-state index contributed by atoms with van der Waals surface area (Å²) >= 11 is 0. The summed E-state index contributed by atoms with van der Waals surface area (Å²) in [6.07, 6.45) is 5.11. The molecule has 0 spiro atoms. The van der Waals surface area contributed by atoms with Gasteiger partial charge in [-0.05, 0) is 61.6 Å². The first-order valence-corrected chi connectivity index (χ1v) is 12.1. The molecule has 9 heteroatoms. The lowest BCUT2D eigenvalue weighted by Gasteiger charge is -2.24. The molecule has 2 unspecified atom stereocenters. The zero-order valence-electron chi connectivity index (χ0n) is 21.0. The van der Waals surface area contributed by atoms with Crippen molar-refractivity contribution in [2.75, 3.05) is 39.1 Å². The first-order chi connectivity index (χ1) is 17.5. The van der Waals surface area contributed by atoms with Gasteiger partial charge in [0.05, 0.1) is 18.3 Å². The highest BCUT2D eigenvalue weighted by Crippen LogP contribution is 2.42. The van der Waals surface area contributed by atoms with Gasteiger partial charge in [-0.2, -0.15) is 4.98 Å². The van der Waals surface area contributed by atoms with E-state index in [1.165, 1.54) is 0 Å². The summed E-state index contributed by atoms with van der Waals surface area (Å²) in [4.78, 5) is 8.20. The molecule has 0 radical (unpaired) electrons. The summed E-state index contributed by atoms with van der Waals surface area (Å²) in [5.41, 5.74) is 15.4. The van der Waals surface area contributed by atoms with Gasteiger partial charge in [0.25, 0.3) is 0 Å². The fourth-order valence-corrected chi connectivity index (χ4v) is 4.49. The highest BCUT2D eigenvalue weighted by Gasteiger charge is 2.30. The van der Waals surface area contributed by atoms with Crippen molar-refractivity contribution in [1.29, 1.82) is 0 Å². The molecule has 0 bridgehead atoms. The largest absolute Gasteiger partial charge is 0.493 e. The highest BCUT2D eigenvalue weighted by molar-refractivity contribution is 5.78. The number of methoxy groups -OCH3 is 2. The molecule has 1 fully saturated rings. The standard InChI is InChI=1S/C27H34N4O5/c1-4-34-23-13-17(12-19-15-30-27(29)31-26(19)28)14-24(36-22-7-5-6-21(22)33-3)25(23)18-8-10-20(11-9-18)35-16-32-2/h8-11,13-15,21-22H,4-7,12,16H2,1-3H3,(H4,28,29,30,31). The monoisotopic (exact) mass is 494 g/mol. The van der Waals surface area contributed by atoms with Crippen LogP contribution in [0.3, 0.4) is 0 Å². The Balaban J connectivity index is 1.76. The van der Waals surface area contributed by atoms with E-state index in [9.17, 15) is 0 Å². The number of nitrogens with two attached hydrogens (primary N) is 2. The number of nitrogen functional groups attached to an aromatic ring is 2. The smallest absolute Gasteiger partial charge is 0.221 e. The van der Waals surface area contributed by atoms with Gasteiger partial charge in [0.1, 0.15) is 29.2 Å². The molecule has 0 saturated heterocycles. The van der Waals surface area contributed by atoms with Crippen molar-refractivity contribution in [3.05, 3.63) is 53.7 Å². The Morgan fingerprint density at radius 2 is 1.72 bits per heavy atom. The minimum absolute atomic E-state index is 0.0445. The maximum absolute atomic E-state index is 6.64. The Morgan fingerprint density at radius 3 is 2.42 bits per heavy atom. The van der Waals surface area contributed by atoms with Gasteiger partial charge in [-0.25, -0.2) is 4.98 Å². The van der Waals surface area contributed by atoms with Gasteiger partial charge in [0.2, 0.25) is 5.95 Å². The third-order valence-electron chi connectivity index (χ3n) is 6.20. The summed E-state index contributed by atoms with van der Waals surface area (Å²) in [5, 5.41) is 0. The molecule has 4 N–H and O–H groups in total. The summed E-state index contributed by atoms with van der Waals surface area (Å²) in [7, 11) is 3.33. The Morgan fingerprint density at radius 1 is 0.972 bits per heavy atom. The van der Waals surface area contributed by atoms with Crippen molar-refractivity contribution in [2.24, 2.45) is 0 Å². The maximum Gasteiger partial charge on any atom is 0.221 e. The zero-order valence-corrected chi connectivity index (χ0v) is 21.0. The van der Waals surface area contributed by atoms with Crippen molar-refractivity contribution in [3.63, 3.8) is 0 Å². The number of hydrogen-bond acceptors (Lipinski definition) is 9. The molecule has 1 heterocycles.